The van der Waals surface area contributed by atoms with Crippen LogP contribution in [0.3, 0.4) is 0 Å². The van der Waals surface area contributed by atoms with Gasteiger partial charge >= 0.3 is 0 Å². The number of amides is 1. The smallest absolute Gasteiger partial charge is 0.264 e. The fourth-order valence-electron chi connectivity index (χ4n) is 3.51. The van der Waals surface area contributed by atoms with Gasteiger partial charge in [0, 0.05) is 6.54 Å². The highest BCUT2D eigenvalue weighted by Gasteiger charge is 2.28. The van der Waals surface area contributed by atoms with Crippen LogP contribution in [0.5, 0.6) is 5.75 Å². The zero-order chi connectivity index (χ0) is 24.9. The van der Waals surface area contributed by atoms with Crippen molar-refractivity contribution in [2.75, 3.05) is 10.8 Å². The Hall–Kier alpha value is -3.32. The topological polar surface area (TPSA) is 75.7 Å². The average Bonchev–Trinajstić information content (AvgIpc) is 2.78. The van der Waals surface area contributed by atoms with Gasteiger partial charge in [0.05, 0.1) is 16.7 Å². The standard InChI is InChI=1S/C27H32N2O4S/c1-19(2)33-24-8-6-7-23(16-24)17-28-27(30)18-29(26-15-21(4)9-12-22(26)5)34(31,32)25-13-10-20(3)11-14-25/h6-16,19H,17-18H2,1-5H3,(H,28,30). The maximum Gasteiger partial charge on any atom is 0.264 e. The van der Waals surface area contributed by atoms with E-state index >= 15 is 0 Å². The second kappa shape index (κ2) is 10.7. The second-order valence-corrected chi connectivity index (χ2v) is 10.6. The fraction of sp³-hybridized carbons (Fsp3) is 0.296. The summed E-state index contributed by atoms with van der Waals surface area (Å²) in [5.41, 5.74) is 3.99. The predicted octanol–water partition coefficient (Wildman–Crippen LogP) is 4.91. The van der Waals surface area contributed by atoms with Crippen molar-refractivity contribution in [3.63, 3.8) is 0 Å². The van der Waals surface area contributed by atoms with Crippen molar-refractivity contribution in [2.45, 2.75) is 52.2 Å². The molecule has 3 rings (SSSR count). The minimum absolute atomic E-state index is 0.0444. The van der Waals surface area contributed by atoms with Crippen molar-refractivity contribution >= 4 is 21.6 Å². The van der Waals surface area contributed by atoms with Crippen LogP contribution in [0.15, 0.2) is 71.6 Å². The summed E-state index contributed by atoms with van der Waals surface area (Å²) in [5, 5.41) is 2.85. The third-order valence-electron chi connectivity index (χ3n) is 5.29. The third-order valence-corrected chi connectivity index (χ3v) is 7.06. The molecule has 180 valence electrons. The Bertz CT molecular complexity index is 1250. The summed E-state index contributed by atoms with van der Waals surface area (Å²) in [7, 11) is -3.96. The van der Waals surface area contributed by atoms with Crippen LogP contribution in [-0.2, 0) is 21.4 Å². The number of hydrogen-bond donors (Lipinski definition) is 1. The molecule has 0 spiro atoms. The van der Waals surface area contributed by atoms with Crippen molar-refractivity contribution in [1.82, 2.24) is 5.32 Å². The summed E-state index contributed by atoms with van der Waals surface area (Å²) in [6.07, 6.45) is 0.0444. The summed E-state index contributed by atoms with van der Waals surface area (Å²) < 4.78 is 34.1. The first-order chi connectivity index (χ1) is 16.1. The van der Waals surface area contributed by atoms with E-state index in [1.54, 1.807) is 30.3 Å². The van der Waals surface area contributed by atoms with E-state index in [-0.39, 0.29) is 24.1 Å². The molecular weight excluding hydrogens is 448 g/mol. The number of ether oxygens (including phenoxy) is 1. The molecule has 0 atom stereocenters. The zero-order valence-electron chi connectivity index (χ0n) is 20.3. The van der Waals surface area contributed by atoms with E-state index in [0.717, 1.165) is 28.0 Å². The van der Waals surface area contributed by atoms with E-state index < -0.39 is 15.9 Å². The van der Waals surface area contributed by atoms with E-state index in [0.29, 0.717) is 5.69 Å². The lowest BCUT2D eigenvalue weighted by atomic mass is 10.1. The normalized spacial score (nSPS) is 11.4. The number of hydrogen-bond acceptors (Lipinski definition) is 4. The molecule has 0 saturated carbocycles. The van der Waals surface area contributed by atoms with Crippen molar-refractivity contribution in [3.8, 4) is 5.75 Å². The number of nitrogens with zero attached hydrogens (tertiary/aromatic N) is 1. The number of sulfonamides is 1. The molecule has 0 saturated heterocycles. The van der Waals surface area contributed by atoms with Crippen molar-refractivity contribution in [1.29, 1.82) is 0 Å². The maximum atomic E-state index is 13.6. The number of nitrogens with one attached hydrogen (secondary N) is 1. The number of carbonyl (C=O) groups excluding carboxylic acids is 1. The van der Waals surface area contributed by atoms with E-state index in [9.17, 15) is 13.2 Å². The first-order valence-corrected chi connectivity index (χ1v) is 12.7. The molecule has 3 aromatic carbocycles. The van der Waals surface area contributed by atoms with Gasteiger partial charge in [-0.05, 0) is 81.6 Å². The fourth-order valence-corrected chi connectivity index (χ4v) is 4.99. The Balaban J connectivity index is 1.85. The van der Waals surface area contributed by atoms with Crippen LogP contribution in [0, 0.1) is 20.8 Å². The molecule has 0 unspecified atom stereocenters. The van der Waals surface area contributed by atoms with Gasteiger partial charge < -0.3 is 10.1 Å². The molecule has 0 heterocycles. The highest BCUT2D eigenvalue weighted by molar-refractivity contribution is 7.92. The van der Waals surface area contributed by atoms with Gasteiger partial charge in [0.15, 0.2) is 0 Å². The van der Waals surface area contributed by atoms with Crippen LogP contribution in [0.2, 0.25) is 0 Å². The molecular formula is C27H32N2O4S. The van der Waals surface area contributed by atoms with Crippen LogP contribution in [-0.4, -0.2) is 27.0 Å². The van der Waals surface area contributed by atoms with E-state index in [1.165, 1.54) is 4.31 Å². The SMILES string of the molecule is Cc1ccc(S(=O)(=O)N(CC(=O)NCc2cccc(OC(C)C)c2)c2cc(C)ccc2C)cc1. The Morgan fingerprint density at radius 1 is 0.941 bits per heavy atom. The summed E-state index contributed by atoms with van der Waals surface area (Å²) in [6, 6.07) is 19.7. The van der Waals surface area contributed by atoms with Gasteiger partial charge in [-0.2, -0.15) is 0 Å². The molecule has 0 radical (unpaired) electrons. The minimum Gasteiger partial charge on any atom is -0.491 e. The molecule has 1 N–H and O–H groups in total. The van der Waals surface area contributed by atoms with Gasteiger partial charge in [0.25, 0.3) is 10.0 Å². The molecule has 6 nitrogen and oxygen atoms in total. The molecule has 7 heteroatoms. The predicted molar refractivity (Wildman–Crippen MR) is 136 cm³/mol. The number of benzene rings is 3. The van der Waals surface area contributed by atoms with Crippen LogP contribution >= 0.6 is 0 Å². The first-order valence-electron chi connectivity index (χ1n) is 11.2. The number of rotatable bonds is 9. The van der Waals surface area contributed by atoms with Gasteiger partial charge in [-0.1, -0.05) is 42.0 Å². The summed E-state index contributed by atoms with van der Waals surface area (Å²) >= 11 is 0. The van der Waals surface area contributed by atoms with Gasteiger partial charge in [0.1, 0.15) is 12.3 Å². The Labute approximate surface area is 202 Å². The molecule has 0 fully saturated rings. The Kier molecular flexibility index (Phi) is 7.99. The lowest BCUT2D eigenvalue weighted by Crippen LogP contribution is -2.41. The lowest BCUT2D eigenvalue weighted by molar-refractivity contribution is -0.119. The van der Waals surface area contributed by atoms with Crippen molar-refractivity contribution in [2.24, 2.45) is 0 Å². The van der Waals surface area contributed by atoms with E-state index in [2.05, 4.69) is 5.32 Å². The summed E-state index contributed by atoms with van der Waals surface area (Å²) in [5.74, 6) is 0.326. The van der Waals surface area contributed by atoms with Crippen LogP contribution in [0.4, 0.5) is 5.69 Å². The molecule has 3 aromatic rings. The molecule has 0 aliphatic rings. The molecule has 0 bridgehead atoms. The Morgan fingerprint density at radius 2 is 1.62 bits per heavy atom. The minimum atomic E-state index is -3.96. The van der Waals surface area contributed by atoms with Crippen molar-refractivity contribution < 1.29 is 17.9 Å². The maximum absolute atomic E-state index is 13.6. The van der Waals surface area contributed by atoms with Crippen LogP contribution in [0.25, 0.3) is 0 Å². The molecule has 1 amide bonds. The molecule has 0 aliphatic carbocycles. The molecule has 0 aliphatic heterocycles. The highest BCUT2D eigenvalue weighted by atomic mass is 32.2. The van der Waals surface area contributed by atoms with Crippen LogP contribution in [0.1, 0.15) is 36.1 Å². The van der Waals surface area contributed by atoms with Crippen molar-refractivity contribution in [3.05, 3.63) is 89.0 Å². The average molecular weight is 481 g/mol. The van der Waals surface area contributed by atoms with E-state index in [4.69, 9.17) is 4.74 Å². The van der Waals surface area contributed by atoms with Gasteiger partial charge in [-0.3, -0.25) is 9.10 Å². The largest absolute Gasteiger partial charge is 0.491 e. The zero-order valence-corrected chi connectivity index (χ0v) is 21.1. The lowest BCUT2D eigenvalue weighted by Gasteiger charge is -2.26. The first kappa shape index (κ1) is 25.3. The van der Waals surface area contributed by atoms with E-state index in [1.807, 2.05) is 71.0 Å². The third kappa shape index (κ3) is 6.38. The summed E-state index contributed by atoms with van der Waals surface area (Å²) in [6.45, 7) is 9.46. The Morgan fingerprint density at radius 3 is 2.29 bits per heavy atom. The quantitative estimate of drug-likeness (QED) is 0.472. The van der Waals surface area contributed by atoms with Gasteiger partial charge in [-0.15, -0.1) is 0 Å². The van der Waals surface area contributed by atoms with Crippen LogP contribution < -0.4 is 14.4 Å². The van der Waals surface area contributed by atoms with Gasteiger partial charge in [0.2, 0.25) is 5.91 Å². The number of carbonyl (C=O) groups is 1. The molecule has 0 aromatic heterocycles. The monoisotopic (exact) mass is 480 g/mol. The second-order valence-electron chi connectivity index (χ2n) is 8.71. The number of aryl methyl sites for hydroxylation is 3. The summed E-state index contributed by atoms with van der Waals surface area (Å²) in [4.78, 5) is 13.1. The van der Waals surface area contributed by atoms with Gasteiger partial charge in [-0.25, -0.2) is 8.42 Å². The molecule has 34 heavy (non-hydrogen) atoms. The highest BCUT2D eigenvalue weighted by Crippen LogP contribution is 2.28. The number of anilines is 1.